The summed E-state index contributed by atoms with van der Waals surface area (Å²) in [4.78, 5) is 14.6. The van der Waals surface area contributed by atoms with Crippen LogP contribution in [0.2, 0.25) is 0 Å². The van der Waals surface area contributed by atoms with Gasteiger partial charge >= 0.3 is 0 Å². The lowest BCUT2D eigenvalue weighted by molar-refractivity contribution is -0.114. The minimum atomic E-state index is -0.387. The first-order valence-corrected chi connectivity index (χ1v) is 9.34. The van der Waals surface area contributed by atoms with Crippen molar-refractivity contribution in [3.63, 3.8) is 0 Å². The van der Waals surface area contributed by atoms with Gasteiger partial charge < -0.3 is 10.1 Å². The summed E-state index contributed by atoms with van der Waals surface area (Å²) >= 11 is 0. The zero-order valence-corrected chi connectivity index (χ0v) is 16.5. The summed E-state index contributed by atoms with van der Waals surface area (Å²) in [5.74, 6) is 0.0946. The van der Waals surface area contributed by atoms with Crippen molar-refractivity contribution in [2.24, 2.45) is 0 Å². The molecule has 1 saturated heterocycles. The van der Waals surface area contributed by atoms with Crippen LogP contribution >= 0.6 is 0 Å². The normalized spacial score (nSPS) is 22.2. The Morgan fingerprint density at radius 2 is 1.81 bits per heavy atom. The molecule has 0 aromatic heterocycles. The Balaban J connectivity index is 1.73. The first-order chi connectivity index (χ1) is 12.9. The number of nitrogens with one attached hydrogen (secondary N) is 1. The second-order valence-corrected chi connectivity index (χ2v) is 7.45. The number of nitrogens with zero attached hydrogens (tertiary/aromatic N) is 1. The molecule has 1 N–H and O–H groups in total. The van der Waals surface area contributed by atoms with Gasteiger partial charge in [0, 0.05) is 19.2 Å². The molecule has 0 aliphatic carbocycles. The third-order valence-electron chi connectivity index (χ3n) is 5.25. The Morgan fingerprint density at radius 1 is 1.15 bits per heavy atom. The van der Waals surface area contributed by atoms with Gasteiger partial charge in [-0.1, -0.05) is 48.5 Å². The highest BCUT2D eigenvalue weighted by atomic mass is 16.5. The number of rotatable bonds is 6. The van der Waals surface area contributed by atoms with Crippen LogP contribution in [0.1, 0.15) is 31.1 Å². The van der Waals surface area contributed by atoms with E-state index in [0.717, 1.165) is 16.8 Å². The van der Waals surface area contributed by atoms with E-state index in [9.17, 15) is 4.79 Å². The van der Waals surface area contributed by atoms with Crippen LogP contribution in [0.25, 0.3) is 0 Å². The molecule has 1 fully saturated rings. The van der Waals surface area contributed by atoms with Crippen LogP contribution in [0.4, 0.5) is 5.69 Å². The van der Waals surface area contributed by atoms with Gasteiger partial charge in [-0.3, -0.25) is 9.69 Å². The Labute approximate surface area is 161 Å². The number of carbonyl (C=O) groups is 1. The molecule has 27 heavy (non-hydrogen) atoms. The van der Waals surface area contributed by atoms with Gasteiger partial charge in [0.2, 0.25) is 0 Å². The van der Waals surface area contributed by atoms with Gasteiger partial charge in [0.05, 0.1) is 6.04 Å². The van der Waals surface area contributed by atoms with Crippen LogP contribution in [0.5, 0.6) is 0 Å². The zero-order chi connectivity index (χ0) is 19.4. The molecule has 1 aliphatic heterocycles. The zero-order valence-electron chi connectivity index (χ0n) is 16.5. The largest absolute Gasteiger partial charge is 0.388 e. The topological polar surface area (TPSA) is 41.6 Å². The molecule has 1 heterocycles. The van der Waals surface area contributed by atoms with Crippen molar-refractivity contribution in [1.82, 2.24) is 4.90 Å². The molecule has 4 nitrogen and oxygen atoms in total. The molecule has 2 atom stereocenters. The van der Waals surface area contributed by atoms with Crippen molar-refractivity contribution >= 4 is 11.5 Å². The fourth-order valence-electron chi connectivity index (χ4n) is 3.42. The number of anilines is 1. The third kappa shape index (κ3) is 4.46. The van der Waals surface area contributed by atoms with Crippen molar-refractivity contribution in [3.05, 3.63) is 77.9 Å². The lowest BCUT2D eigenvalue weighted by Crippen LogP contribution is -2.39. The Hall–Kier alpha value is -2.43. The van der Waals surface area contributed by atoms with Crippen molar-refractivity contribution in [1.29, 1.82) is 0 Å². The summed E-state index contributed by atoms with van der Waals surface area (Å²) in [5, 5.41) is 3.08. The maximum Gasteiger partial charge on any atom is 0.159 e. The van der Waals surface area contributed by atoms with Gasteiger partial charge in [-0.15, -0.1) is 0 Å². The van der Waals surface area contributed by atoms with Crippen LogP contribution in [-0.4, -0.2) is 36.5 Å². The minimum Gasteiger partial charge on any atom is -0.388 e. The number of carbonyl (C=O) groups excluding carboxylic acids is 1. The maximum absolute atomic E-state index is 12.5. The van der Waals surface area contributed by atoms with Crippen molar-refractivity contribution < 1.29 is 9.53 Å². The average molecular weight is 364 g/mol. The molecular formula is C23H28N2O2. The number of hydrogen-bond acceptors (Lipinski definition) is 4. The molecule has 2 aromatic rings. The van der Waals surface area contributed by atoms with Gasteiger partial charge in [0.15, 0.2) is 5.78 Å². The lowest BCUT2D eigenvalue weighted by atomic mass is 10.0. The van der Waals surface area contributed by atoms with Gasteiger partial charge in [-0.25, -0.2) is 0 Å². The first-order valence-electron chi connectivity index (χ1n) is 9.34. The lowest BCUT2D eigenvalue weighted by Gasteiger charge is -2.28. The highest BCUT2D eigenvalue weighted by Gasteiger charge is 2.44. The van der Waals surface area contributed by atoms with Crippen LogP contribution in [0, 0.1) is 0 Å². The maximum atomic E-state index is 12.5. The fraction of sp³-hybridized carbons (Fsp3) is 0.348. The van der Waals surface area contributed by atoms with Crippen LogP contribution in [-0.2, 0) is 16.0 Å². The van der Waals surface area contributed by atoms with Gasteiger partial charge in [0.25, 0.3) is 0 Å². The van der Waals surface area contributed by atoms with Crippen molar-refractivity contribution in [2.45, 2.75) is 38.1 Å². The van der Waals surface area contributed by atoms with Gasteiger partial charge in [-0.2, -0.15) is 0 Å². The number of allylic oxidation sites excluding steroid dienone is 1. The molecule has 0 saturated carbocycles. The molecule has 142 valence electrons. The highest BCUT2D eigenvalue weighted by Crippen LogP contribution is 2.40. The van der Waals surface area contributed by atoms with E-state index in [1.165, 1.54) is 0 Å². The number of hydrogen-bond donors (Lipinski definition) is 1. The van der Waals surface area contributed by atoms with E-state index in [1.807, 2.05) is 62.6 Å². The number of benzene rings is 2. The van der Waals surface area contributed by atoms with Crippen LogP contribution in [0.15, 0.2) is 66.7 Å². The van der Waals surface area contributed by atoms with Crippen molar-refractivity contribution in [3.8, 4) is 0 Å². The van der Waals surface area contributed by atoms with Crippen molar-refractivity contribution in [2.75, 3.05) is 19.4 Å². The molecule has 0 bridgehead atoms. The monoisotopic (exact) mass is 364 g/mol. The predicted octanol–water partition coefficient (Wildman–Crippen LogP) is 4.20. The predicted molar refractivity (Wildman–Crippen MR) is 110 cm³/mol. The molecule has 0 amide bonds. The van der Waals surface area contributed by atoms with E-state index in [2.05, 4.69) is 36.2 Å². The quantitative estimate of drug-likeness (QED) is 0.780. The molecule has 0 spiro atoms. The van der Waals surface area contributed by atoms with E-state index in [0.29, 0.717) is 6.42 Å². The minimum absolute atomic E-state index is 0.0121. The Morgan fingerprint density at radius 3 is 2.44 bits per heavy atom. The molecule has 1 aliphatic rings. The summed E-state index contributed by atoms with van der Waals surface area (Å²) in [6.45, 7) is 4.11. The van der Waals surface area contributed by atoms with Gasteiger partial charge in [0.1, 0.15) is 11.8 Å². The summed E-state index contributed by atoms with van der Waals surface area (Å²) < 4.78 is 6.29. The fourth-order valence-corrected chi connectivity index (χ4v) is 3.42. The summed E-state index contributed by atoms with van der Waals surface area (Å²) in [5.41, 5.74) is 2.79. The number of likely N-dealkylation sites (N-methyl/N-ethyl adjacent to an activating group) is 1. The van der Waals surface area contributed by atoms with E-state index in [-0.39, 0.29) is 23.7 Å². The summed E-state index contributed by atoms with van der Waals surface area (Å²) in [6.07, 6.45) is 3.99. The standard InChI is InChI=1S/C23H28N2O2/c1-23(2)25(4)21(22(27-23)18-8-6-5-7-9-18)15-14-20(26)16-17-10-12-19(24-3)13-11-17/h5-15,21-22,24H,16H2,1-4H3/b15-14+/t21-,22-/m1/s1. The first kappa shape index (κ1) is 19.3. The molecule has 2 aromatic carbocycles. The average Bonchev–Trinajstić information content (AvgIpc) is 2.91. The summed E-state index contributed by atoms with van der Waals surface area (Å²) in [7, 11) is 3.92. The van der Waals surface area contributed by atoms with Crippen LogP contribution < -0.4 is 5.32 Å². The van der Waals surface area contributed by atoms with Gasteiger partial charge in [-0.05, 0) is 50.2 Å². The van der Waals surface area contributed by atoms with E-state index >= 15 is 0 Å². The molecule has 3 rings (SSSR count). The molecule has 0 radical (unpaired) electrons. The highest BCUT2D eigenvalue weighted by molar-refractivity contribution is 5.91. The second kappa shape index (κ2) is 8.07. The van der Waals surface area contributed by atoms with E-state index in [4.69, 9.17) is 4.74 Å². The number of ketones is 1. The molecular weight excluding hydrogens is 336 g/mol. The second-order valence-electron chi connectivity index (χ2n) is 7.45. The molecule has 4 heteroatoms. The van der Waals surface area contributed by atoms with E-state index < -0.39 is 0 Å². The van der Waals surface area contributed by atoms with Crippen LogP contribution in [0.3, 0.4) is 0 Å². The van der Waals surface area contributed by atoms with E-state index in [1.54, 1.807) is 6.08 Å². The smallest absolute Gasteiger partial charge is 0.159 e. The Kier molecular flexibility index (Phi) is 5.78. The molecule has 0 unspecified atom stereocenters. The SMILES string of the molecule is CNc1ccc(CC(=O)/C=C/[C@@H]2[C@@H](c3ccccc3)OC(C)(C)N2C)cc1. The Bertz CT molecular complexity index is 797. The number of ether oxygens (including phenoxy) is 1. The third-order valence-corrected chi connectivity index (χ3v) is 5.25. The summed E-state index contributed by atoms with van der Waals surface area (Å²) in [6, 6.07) is 18.1.